The second-order valence-electron chi connectivity index (χ2n) is 5.22. The smallest absolute Gasteiger partial charge is 0.0701 e. The van der Waals surface area contributed by atoms with E-state index in [1.807, 2.05) is 0 Å². The van der Waals surface area contributed by atoms with Crippen molar-refractivity contribution in [1.29, 1.82) is 0 Å². The minimum Gasteiger partial charge on any atom is -0.329 e. The van der Waals surface area contributed by atoms with Crippen molar-refractivity contribution in [2.24, 2.45) is 11.7 Å². The summed E-state index contributed by atoms with van der Waals surface area (Å²) in [5, 5.41) is 2.23. The molecule has 1 aliphatic rings. The van der Waals surface area contributed by atoms with Crippen molar-refractivity contribution in [3.05, 3.63) is 20.8 Å². The molecule has 2 nitrogen and oxygen atoms in total. The molecule has 2 rings (SSSR count). The van der Waals surface area contributed by atoms with Gasteiger partial charge in [0.15, 0.2) is 0 Å². The van der Waals surface area contributed by atoms with Crippen LogP contribution in [0, 0.1) is 5.92 Å². The lowest BCUT2D eigenvalue weighted by molar-refractivity contribution is 0.0843. The van der Waals surface area contributed by atoms with Crippen molar-refractivity contribution in [1.82, 2.24) is 4.90 Å². The van der Waals surface area contributed by atoms with Crippen LogP contribution in [0.4, 0.5) is 0 Å². The number of rotatable bonds is 4. The molecule has 0 amide bonds. The van der Waals surface area contributed by atoms with Crippen molar-refractivity contribution in [3.63, 3.8) is 0 Å². The van der Waals surface area contributed by atoms with Gasteiger partial charge < -0.3 is 5.73 Å². The number of nitrogens with zero attached hydrogens (tertiary/aromatic N) is 1. The van der Waals surface area contributed by atoms with Crippen molar-refractivity contribution in [3.8, 4) is 0 Å². The van der Waals surface area contributed by atoms with Crippen molar-refractivity contribution >= 4 is 27.3 Å². The second kappa shape index (κ2) is 5.39. The van der Waals surface area contributed by atoms with Gasteiger partial charge in [-0.3, -0.25) is 4.90 Å². The van der Waals surface area contributed by atoms with E-state index in [9.17, 15) is 0 Å². The molecule has 0 radical (unpaired) electrons. The second-order valence-corrected chi connectivity index (χ2v) is 7.51. The highest BCUT2D eigenvalue weighted by molar-refractivity contribution is 9.11. The number of hydrogen-bond acceptors (Lipinski definition) is 3. The fraction of sp³-hybridized carbons (Fsp3) is 0.692. The van der Waals surface area contributed by atoms with Crippen LogP contribution >= 0.6 is 27.3 Å². The van der Waals surface area contributed by atoms with E-state index in [1.54, 1.807) is 11.3 Å². The zero-order valence-corrected chi connectivity index (χ0v) is 13.0. The first-order valence-corrected chi connectivity index (χ1v) is 7.90. The molecule has 1 heterocycles. The van der Waals surface area contributed by atoms with Gasteiger partial charge in [0.25, 0.3) is 0 Å². The quantitative estimate of drug-likeness (QED) is 0.921. The molecule has 1 aromatic rings. The van der Waals surface area contributed by atoms with Crippen molar-refractivity contribution < 1.29 is 0 Å². The fourth-order valence-corrected chi connectivity index (χ4v) is 4.32. The maximum absolute atomic E-state index is 6.07. The normalized spacial score (nSPS) is 29.1. The number of nitrogens with two attached hydrogens (primary N) is 1. The number of likely N-dealkylation sites (N-methyl/N-ethyl adjacent to an activating group) is 1. The van der Waals surface area contributed by atoms with Gasteiger partial charge in [-0.2, -0.15) is 0 Å². The Hall–Kier alpha value is 0.100. The fourth-order valence-electron chi connectivity index (χ4n) is 3.12. The van der Waals surface area contributed by atoms with E-state index in [0.29, 0.717) is 5.92 Å². The Morgan fingerprint density at radius 2 is 2.41 bits per heavy atom. The molecule has 0 saturated heterocycles. The van der Waals surface area contributed by atoms with Gasteiger partial charge in [0.1, 0.15) is 0 Å². The monoisotopic (exact) mass is 316 g/mol. The average molecular weight is 317 g/mol. The first-order valence-electron chi connectivity index (χ1n) is 6.23. The van der Waals surface area contributed by atoms with Crippen molar-refractivity contribution in [2.75, 3.05) is 13.6 Å². The van der Waals surface area contributed by atoms with Gasteiger partial charge >= 0.3 is 0 Å². The van der Waals surface area contributed by atoms with Gasteiger partial charge in [0.2, 0.25) is 0 Å². The zero-order valence-electron chi connectivity index (χ0n) is 10.6. The molecule has 4 heteroatoms. The molecule has 1 saturated carbocycles. The lowest BCUT2D eigenvalue weighted by Crippen LogP contribution is -2.53. The average Bonchev–Trinajstić information content (AvgIpc) is 2.86. The highest BCUT2D eigenvalue weighted by atomic mass is 79.9. The molecule has 1 aromatic heterocycles. The van der Waals surface area contributed by atoms with E-state index >= 15 is 0 Å². The maximum Gasteiger partial charge on any atom is 0.0701 e. The summed E-state index contributed by atoms with van der Waals surface area (Å²) in [5.74, 6) is 0.708. The molecule has 0 aromatic carbocycles. The predicted molar refractivity (Wildman–Crippen MR) is 78.3 cm³/mol. The number of halogens is 1. The SMILES string of the molecule is CC1CCCC1(CN)N(C)Cc1csc(Br)c1. The van der Waals surface area contributed by atoms with Crippen LogP contribution in [-0.4, -0.2) is 24.0 Å². The minimum atomic E-state index is 0.217. The summed E-state index contributed by atoms with van der Waals surface area (Å²) in [5.41, 5.74) is 7.67. The summed E-state index contributed by atoms with van der Waals surface area (Å²) in [6.45, 7) is 4.12. The van der Waals surface area contributed by atoms with Gasteiger partial charge in [-0.05, 0) is 58.7 Å². The molecule has 1 fully saturated rings. The summed E-state index contributed by atoms with van der Waals surface area (Å²) in [4.78, 5) is 2.47. The first-order chi connectivity index (χ1) is 8.08. The van der Waals surface area contributed by atoms with Crippen LogP contribution in [0.25, 0.3) is 0 Å². The Bertz CT molecular complexity index is 379. The Morgan fingerprint density at radius 3 is 2.88 bits per heavy atom. The van der Waals surface area contributed by atoms with E-state index < -0.39 is 0 Å². The molecular weight excluding hydrogens is 296 g/mol. The molecule has 17 heavy (non-hydrogen) atoms. The van der Waals surface area contributed by atoms with Crippen molar-refractivity contribution in [2.45, 2.75) is 38.3 Å². The molecular formula is C13H21BrN2S. The van der Waals surface area contributed by atoms with Crippen LogP contribution in [0.5, 0.6) is 0 Å². The molecule has 2 unspecified atom stereocenters. The maximum atomic E-state index is 6.07. The molecule has 0 spiro atoms. The first kappa shape index (κ1) is 13.5. The zero-order chi connectivity index (χ0) is 12.5. The Morgan fingerprint density at radius 1 is 1.65 bits per heavy atom. The largest absolute Gasteiger partial charge is 0.329 e. The third kappa shape index (κ3) is 2.60. The van der Waals surface area contributed by atoms with E-state index in [2.05, 4.69) is 46.2 Å². The van der Waals surface area contributed by atoms with E-state index in [-0.39, 0.29) is 5.54 Å². The van der Waals surface area contributed by atoms with E-state index in [0.717, 1.165) is 13.1 Å². The minimum absolute atomic E-state index is 0.217. The van der Waals surface area contributed by atoms with E-state index in [4.69, 9.17) is 5.73 Å². The Kier molecular flexibility index (Phi) is 4.29. The molecule has 0 aliphatic heterocycles. The number of thiophene rings is 1. The highest BCUT2D eigenvalue weighted by Crippen LogP contribution is 2.39. The van der Waals surface area contributed by atoms with Crippen LogP contribution in [-0.2, 0) is 6.54 Å². The topological polar surface area (TPSA) is 29.3 Å². The predicted octanol–water partition coefficient (Wildman–Crippen LogP) is 3.46. The Labute approximate surface area is 116 Å². The summed E-state index contributed by atoms with van der Waals surface area (Å²) in [7, 11) is 2.22. The third-order valence-corrected chi connectivity index (χ3v) is 5.87. The molecule has 2 N–H and O–H groups in total. The molecule has 0 bridgehead atoms. The van der Waals surface area contributed by atoms with Gasteiger partial charge in [-0.25, -0.2) is 0 Å². The van der Waals surface area contributed by atoms with Gasteiger partial charge in [0.05, 0.1) is 3.79 Å². The van der Waals surface area contributed by atoms with E-state index in [1.165, 1.54) is 28.6 Å². The Balaban J connectivity index is 2.10. The van der Waals surface area contributed by atoms with Gasteiger partial charge in [0, 0.05) is 18.6 Å². The van der Waals surface area contributed by atoms with Crippen LogP contribution in [0.1, 0.15) is 31.7 Å². The van der Waals surface area contributed by atoms with Crippen LogP contribution < -0.4 is 5.73 Å². The summed E-state index contributed by atoms with van der Waals surface area (Å²) in [6, 6.07) is 2.21. The lowest BCUT2D eigenvalue weighted by Gasteiger charge is -2.41. The summed E-state index contributed by atoms with van der Waals surface area (Å²) >= 11 is 5.28. The third-order valence-electron chi connectivity index (χ3n) is 4.32. The van der Waals surface area contributed by atoms with Gasteiger partial charge in [-0.1, -0.05) is 13.3 Å². The standard InChI is InChI=1S/C13H21BrN2S/c1-10-4-3-5-13(10,9-15)16(2)7-11-6-12(14)17-8-11/h6,8,10H,3-5,7,9,15H2,1-2H3. The molecule has 2 atom stereocenters. The summed E-state index contributed by atoms with van der Waals surface area (Å²) in [6.07, 6.45) is 3.87. The van der Waals surface area contributed by atoms with Crippen LogP contribution in [0.2, 0.25) is 0 Å². The van der Waals surface area contributed by atoms with Gasteiger partial charge in [-0.15, -0.1) is 11.3 Å². The molecule has 96 valence electrons. The highest BCUT2D eigenvalue weighted by Gasteiger charge is 2.42. The summed E-state index contributed by atoms with van der Waals surface area (Å²) < 4.78 is 1.21. The van der Waals surface area contributed by atoms with Crippen LogP contribution in [0.3, 0.4) is 0 Å². The van der Waals surface area contributed by atoms with Crippen LogP contribution in [0.15, 0.2) is 15.2 Å². The molecule has 1 aliphatic carbocycles. The number of hydrogen-bond donors (Lipinski definition) is 1. The lowest BCUT2D eigenvalue weighted by atomic mass is 9.86.